The Morgan fingerprint density at radius 3 is 0.692 bits per heavy atom. The van der Waals surface area contributed by atoms with E-state index in [2.05, 4.69) is 76.2 Å². The molecule has 454 valence electrons. The van der Waals surface area contributed by atoms with Gasteiger partial charge < -0.3 is 0 Å². The molecular weight excluding hydrogens is 1040 g/mol. The van der Waals surface area contributed by atoms with Crippen LogP contribution in [-0.2, 0) is 33.3 Å². The Bertz CT molecular complexity index is 1580. The van der Waals surface area contributed by atoms with E-state index >= 15 is 0 Å². The maximum absolute atomic E-state index is 5.43. The molecule has 2 aromatic carbocycles. The fourth-order valence-corrected chi connectivity index (χ4v) is 11.9. The molecular formula is C75H134N2Pd. The van der Waals surface area contributed by atoms with Crippen molar-refractivity contribution in [2.75, 3.05) is 0 Å². The first-order chi connectivity index (χ1) is 38.2. The molecule has 2 rings (SSSR count). The van der Waals surface area contributed by atoms with Gasteiger partial charge >= 0.3 is 0 Å². The molecule has 2 aromatic rings. The van der Waals surface area contributed by atoms with Crippen molar-refractivity contribution in [2.45, 2.75) is 394 Å². The normalized spacial score (nSPS) is 12.0. The van der Waals surface area contributed by atoms with Crippen LogP contribution in [0.1, 0.15) is 392 Å². The maximum atomic E-state index is 5.43. The minimum Gasteiger partial charge on any atom is -0.252 e. The SMILES string of the molecule is CCCCCCCCCCCCCCCCCCCCCCCCCCc1cccc(/N=C(CCCCC)\C(CCCC)=N\c2cccc(CCCCCCCCCCCCCCCCCCCCCCCCCC)c2)c1.[Pd]. The Labute approximate surface area is 503 Å². The predicted molar refractivity (Wildman–Crippen MR) is 351 cm³/mol. The average molecular weight is 1170 g/mol. The van der Waals surface area contributed by atoms with Gasteiger partial charge in [-0.3, -0.25) is 9.98 Å². The number of rotatable bonds is 60. The van der Waals surface area contributed by atoms with Gasteiger partial charge in [0.2, 0.25) is 0 Å². The molecule has 0 atom stereocenters. The van der Waals surface area contributed by atoms with Gasteiger partial charge in [-0.1, -0.05) is 367 Å². The van der Waals surface area contributed by atoms with E-state index in [9.17, 15) is 0 Å². The van der Waals surface area contributed by atoms with Crippen LogP contribution >= 0.6 is 0 Å². The molecule has 0 unspecified atom stereocenters. The summed E-state index contributed by atoms with van der Waals surface area (Å²) in [6.45, 7) is 9.24. The van der Waals surface area contributed by atoms with Crippen molar-refractivity contribution in [1.82, 2.24) is 0 Å². The fraction of sp³-hybridized carbons (Fsp3) is 0.813. The summed E-state index contributed by atoms with van der Waals surface area (Å²) in [7, 11) is 0. The number of aliphatic imine (C=N–C) groups is 2. The van der Waals surface area contributed by atoms with Gasteiger partial charge in [-0.05, 0) is 86.8 Å². The molecule has 0 aliphatic carbocycles. The third-order valence-electron chi connectivity index (χ3n) is 17.1. The summed E-state index contributed by atoms with van der Waals surface area (Å²) in [6, 6.07) is 18.3. The zero-order chi connectivity index (χ0) is 54.8. The summed E-state index contributed by atoms with van der Waals surface area (Å²) in [5.74, 6) is 0. The monoisotopic (exact) mass is 1170 g/mol. The molecule has 0 aliphatic heterocycles. The van der Waals surface area contributed by atoms with Crippen LogP contribution in [0.5, 0.6) is 0 Å². The zero-order valence-corrected chi connectivity index (χ0v) is 54.7. The van der Waals surface area contributed by atoms with Crippen molar-refractivity contribution in [3.05, 3.63) is 59.7 Å². The predicted octanol–water partition coefficient (Wildman–Crippen LogP) is 27.1. The molecule has 0 radical (unpaired) electrons. The number of hydrogen-bond acceptors (Lipinski definition) is 2. The summed E-state index contributed by atoms with van der Waals surface area (Å²) < 4.78 is 0. The van der Waals surface area contributed by atoms with E-state index < -0.39 is 0 Å². The Hall–Kier alpha value is -1.56. The first-order valence-corrected chi connectivity index (χ1v) is 35.5. The fourth-order valence-electron chi connectivity index (χ4n) is 11.9. The summed E-state index contributed by atoms with van der Waals surface area (Å²) >= 11 is 0. The van der Waals surface area contributed by atoms with Crippen molar-refractivity contribution in [3.8, 4) is 0 Å². The molecule has 0 heterocycles. The molecule has 0 saturated carbocycles. The smallest absolute Gasteiger partial charge is 0.0636 e. The van der Waals surface area contributed by atoms with Gasteiger partial charge in [0.15, 0.2) is 0 Å². The molecule has 0 spiro atoms. The summed E-state index contributed by atoms with van der Waals surface area (Å²) in [5.41, 5.74) is 7.55. The number of aryl methyl sites for hydroxylation is 2. The second-order valence-electron chi connectivity index (χ2n) is 24.8. The van der Waals surface area contributed by atoms with Crippen molar-refractivity contribution in [3.63, 3.8) is 0 Å². The number of nitrogens with zero attached hydrogens (tertiary/aromatic N) is 2. The van der Waals surface area contributed by atoms with Crippen LogP contribution < -0.4 is 0 Å². The minimum atomic E-state index is 0. The van der Waals surface area contributed by atoms with Crippen LogP contribution in [0, 0.1) is 0 Å². The van der Waals surface area contributed by atoms with E-state index in [1.54, 1.807) is 0 Å². The van der Waals surface area contributed by atoms with Gasteiger partial charge in [-0.2, -0.15) is 0 Å². The number of unbranched alkanes of at least 4 members (excludes halogenated alkanes) is 49. The van der Waals surface area contributed by atoms with Crippen LogP contribution in [0.3, 0.4) is 0 Å². The van der Waals surface area contributed by atoms with Crippen LogP contribution in [-0.4, -0.2) is 11.4 Å². The Kier molecular flexibility index (Phi) is 57.3. The molecule has 0 saturated heterocycles. The van der Waals surface area contributed by atoms with Gasteiger partial charge in [-0.25, -0.2) is 0 Å². The van der Waals surface area contributed by atoms with Gasteiger partial charge in [0.25, 0.3) is 0 Å². The van der Waals surface area contributed by atoms with E-state index in [0.29, 0.717) is 0 Å². The molecule has 0 N–H and O–H groups in total. The maximum Gasteiger partial charge on any atom is 0.0636 e. The van der Waals surface area contributed by atoms with E-state index in [4.69, 9.17) is 9.98 Å². The van der Waals surface area contributed by atoms with Gasteiger partial charge in [0, 0.05) is 20.4 Å². The molecule has 2 nitrogen and oxygen atoms in total. The second kappa shape index (κ2) is 60.0. The van der Waals surface area contributed by atoms with E-state index in [-0.39, 0.29) is 20.4 Å². The van der Waals surface area contributed by atoms with Gasteiger partial charge in [0.05, 0.1) is 22.8 Å². The minimum absolute atomic E-state index is 0. The number of benzene rings is 2. The molecule has 0 bridgehead atoms. The molecule has 0 aliphatic rings. The van der Waals surface area contributed by atoms with Crippen molar-refractivity contribution in [1.29, 1.82) is 0 Å². The Morgan fingerprint density at radius 1 is 0.244 bits per heavy atom. The molecule has 0 aromatic heterocycles. The largest absolute Gasteiger partial charge is 0.252 e. The van der Waals surface area contributed by atoms with Crippen LogP contribution in [0.4, 0.5) is 11.4 Å². The summed E-state index contributed by atoms with van der Waals surface area (Å²) in [4.78, 5) is 10.9. The second-order valence-corrected chi connectivity index (χ2v) is 24.8. The van der Waals surface area contributed by atoms with Gasteiger partial charge in [-0.15, -0.1) is 0 Å². The van der Waals surface area contributed by atoms with Crippen molar-refractivity contribution < 1.29 is 20.4 Å². The number of hydrogen-bond donors (Lipinski definition) is 0. The van der Waals surface area contributed by atoms with Crippen molar-refractivity contribution >= 4 is 22.8 Å². The quantitative estimate of drug-likeness (QED) is 0.0358. The Balaban J connectivity index is 0.0000304. The molecule has 0 fully saturated rings. The standard InChI is InChI=1S/C75H134N2.Pd/c1-5-9-13-15-17-19-21-23-25-27-29-31-33-35-37-39-41-43-45-47-49-51-53-56-60-70-62-58-64-72(68-70)76-74(66-12-8-4)75(67-55-11-7-3)77-73-65-59-63-71(69-73)61-57-54-52-50-48-46-44-42-40-38-36-34-32-30-28-26-24-22-20-18-16-14-10-6-2;/h58-59,62-65,68-69H,5-57,60-61,66-67H2,1-4H3;/b76-74+,77-75-;. The van der Waals surface area contributed by atoms with Gasteiger partial charge in [0.1, 0.15) is 0 Å². The third-order valence-corrected chi connectivity index (χ3v) is 17.1. The van der Waals surface area contributed by atoms with Crippen LogP contribution in [0.2, 0.25) is 0 Å². The molecule has 0 amide bonds. The summed E-state index contributed by atoms with van der Waals surface area (Å²) in [6.07, 6.45) is 79.5. The van der Waals surface area contributed by atoms with E-state index in [1.807, 2.05) is 0 Å². The topological polar surface area (TPSA) is 24.7 Å². The third kappa shape index (κ3) is 48.0. The molecule has 78 heavy (non-hydrogen) atoms. The van der Waals surface area contributed by atoms with Crippen molar-refractivity contribution in [2.24, 2.45) is 9.98 Å². The Morgan fingerprint density at radius 2 is 0.449 bits per heavy atom. The van der Waals surface area contributed by atoms with Crippen LogP contribution in [0.15, 0.2) is 58.5 Å². The first kappa shape index (κ1) is 74.5. The average Bonchev–Trinajstić information content (AvgIpc) is 3.44. The zero-order valence-electron chi connectivity index (χ0n) is 53.1. The van der Waals surface area contributed by atoms with Crippen LogP contribution in [0.25, 0.3) is 0 Å². The van der Waals surface area contributed by atoms with E-state index in [1.165, 1.54) is 356 Å². The summed E-state index contributed by atoms with van der Waals surface area (Å²) in [5, 5.41) is 0. The first-order valence-electron chi connectivity index (χ1n) is 35.5. The molecule has 3 heteroatoms. The van der Waals surface area contributed by atoms with E-state index in [0.717, 1.165) is 43.5 Å².